The number of nitrogen functional groups attached to an aromatic ring is 1. The van der Waals surface area contributed by atoms with Gasteiger partial charge in [0.05, 0.1) is 12.3 Å². The number of carbonyl (C=O) groups excluding carboxylic acids is 1. The molecular weight excluding hydrogens is 350 g/mol. The number of rotatable bonds is 6. The molecule has 3 rings (SSSR count). The molecule has 124 valence electrons. The molecule has 0 fully saturated rings. The molecule has 2 heterocycles. The first kappa shape index (κ1) is 16.4. The van der Waals surface area contributed by atoms with E-state index in [2.05, 4.69) is 20.5 Å². The number of carbonyl (C=O) groups is 1. The van der Waals surface area contributed by atoms with Crippen molar-refractivity contribution in [1.29, 1.82) is 0 Å². The maximum absolute atomic E-state index is 11.8. The molecule has 24 heavy (non-hydrogen) atoms. The largest absolute Gasteiger partial charge is 0.459 e. The normalized spacial score (nSPS) is 10.7. The number of furan rings is 1. The predicted octanol–water partition coefficient (Wildman–Crippen LogP) is 2.71. The summed E-state index contributed by atoms with van der Waals surface area (Å²) in [5.41, 5.74) is 6.34. The SMILES string of the molecule is Nc1nc(SCC(=O)NCc2ccc(-c3ccc(Cl)cc3)o2)n[nH]1. The summed E-state index contributed by atoms with van der Waals surface area (Å²) in [6.45, 7) is 0.309. The van der Waals surface area contributed by atoms with E-state index >= 15 is 0 Å². The summed E-state index contributed by atoms with van der Waals surface area (Å²) >= 11 is 7.07. The van der Waals surface area contributed by atoms with Crippen LogP contribution >= 0.6 is 23.4 Å². The van der Waals surface area contributed by atoms with Gasteiger partial charge in [0, 0.05) is 10.6 Å². The van der Waals surface area contributed by atoms with Gasteiger partial charge in [-0.25, -0.2) is 5.10 Å². The van der Waals surface area contributed by atoms with Gasteiger partial charge in [-0.15, -0.1) is 5.10 Å². The topological polar surface area (TPSA) is 110 Å². The van der Waals surface area contributed by atoms with Crippen LogP contribution in [0.1, 0.15) is 5.76 Å². The van der Waals surface area contributed by atoms with Crippen LogP contribution in [0.15, 0.2) is 46.0 Å². The lowest BCUT2D eigenvalue weighted by Crippen LogP contribution is -2.24. The molecule has 1 aromatic carbocycles. The third-order valence-corrected chi connectivity index (χ3v) is 4.16. The zero-order valence-corrected chi connectivity index (χ0v) is 14.0. The maximum atomic E-state index is 11.8. The number of aromatic amines is 1. The van der Waals surface area contributed by atoms with Crippen molar-refractivity contribution in [3.05, 3.63) is 47.2 Å². The van der Waals surface area contributed by atoms with Gasteiger partial charge in [-0.2, -0.15) is 4.98 Å². The number of thioether (sulfide) groups is 1. The first-order chi connectivity index (χ1) is 11.6. The Hall–Kier alpha value is -2.45. The summed E-state index contributed by atoms with van der Waals surface area (Å²) in [7, 11) is 0. The van der Waals surface area contributed by atoms with E-state index in [0.29, 0.717) is 22.5 Å². The number of H-pyrrole nitrogens is 1. The Bertz CT molecular complexity index is 831. The number of nitrogens with two attached hydrogens (primary N) is 1. The zero-order valence-electron chi connectivity index (χ0n) is 12.5. The number of aromatic nitrogens is 3. The standard InChI is InChI=1S/C15H14ClN5O2S/c16-10-3-1-9(2-4-10)12-6-5-11(23-12)7-18-13(22)8-24-15-19-14(17)20-21-15/h1-6H,7-8H2,(H,18,22)(H3,17,19,20,21). The maximum Gasteiger partial charge on any atom is 0.230 e. The van der Waals surface area contributed by atoms with Crippen molar-refractivity contribution >= 4 is 35.2 Å². The van der Waals surface area contributed by atoms with E-state index in [-0.39, 0.29) is 17.6 Å². The van der Waals surface area contributed by atoms with E-state index in [0.717, 1.165) is 11.3 Å². The second kappa shape index (κ2) is 7.41. The number of hydrogen-bond acceptors (Lipinski definition) is 6. The highest BCUT2D eigenvalue weighted by Crippen LogP contribution is 2.23. The van der Waals surface area contributed by atoms with Crippen LogP contribution in [-0.2, 0) is 11.3 Å². The predicted molar refractivity (Wildman–Crippen MR) is 92.5 cm³/mol. The average Bonchev–Trinajstić information content (AvgIpc) is 3.21. The van der Waals surface area contributed by atoms with Crippen LogP contribution in [0.2, 0.25) is 5.02 Å². The molecule has 0 aliphatic heterocycles. The van der Waals surface area contributed by atoms with Gasteiger partial charge < -0.3 is 15.5 Å². The van der Waals surface area contributed by atoms with Gasteiger partial charge in [-0.3, -0.25) is 4.79 Å². The van der Waals surface area contributed by atoms with Gasteiger partial charge in [-0.05, 0) is 36.4 Å². The van der Waals surface area contributed by atoms with Gasteiger partial charge in [0.1, 0.15) is 11.5 Å². The lowest BCUT2D eigenvalue weighted by Gasteiger charge is -2.02. The van der Waals surface area contributed by atoms with Crippen LogP contribution in [0, 0.1) is 0 Å². The summed E-state index contributed by atoms with van der Waals surface area (Å²) < 4.78 is 5.72. The van der Waals surface area contributed by atoms with Crippen LogP contribution < -0.4 is 11.1 Å². The van der Waals surface area contributed by atoms with E-state index in [9.17, 15) is 4.79 Å². The fraction of sp³-hybridized carbons (Fsp3) is 0.133. The molecule has 0 bridgehead atoms. The molecule has 0 saturated carbocycles. The fourth-order valence-electron chi connectivity index (χ4n) is 1.93. The molecule has 3 aromatic rings. The molecule has 0 aliphatic carbocycles. The lowest BCUT2D eigenvalue weighted by atomic mass is 10.2. The Morgan fingerprint density at radius 1 is 1.29 bits per heavy atom. The monoisotopic (exact) mass is 363 g/mol. The van der Waals surface area contributed by atoms with Gasteiger partial charge >= 0.3 is 0 Å². The van der Waals surface area contributed by atoms with E-state index in [1.807, 2.05) is 24.3 Å². The van der Waals surface area contributed by atoms with E-state index < -0.39 is 0 Å². The fourth-order valence-corrected chi connectivity index (χ4v) is 2.69. The third kappa shape index (κ3) is 4.30. The molecule has 0 spiro atoms. The zero-order chi connectivity index (χ0) is 16.9. The van der Waals surface area contributed by atoms with Crippen molar-refractivity contribution in [3.8, 4) is 11.3 Å². The summed E-state index contributed by atoms with van der Waals surface area (Å²) in [6, 6.07) is 11.0. The van der Waals surface area contributed by atoms with Gasteiger partial charge in [0.2, 0.25) is 17.0 Å². The highest BCUT2D eigenvalue weighted by atomic mass is 35.5. The van der Waals surface area contributed by atoms with Crippen molar-refractivity contribution in [2.45, 2.75) is 11.7 Å². The van der Waals surface area contributed by atoms with Gasteiger partial charge in [-0.1, -0.05) is 23.4 Å². The molecule has 0 saturated heterocycles. The Labute approximate surface area is 147 Å². The number of nitrogens with one attached hydrogen (secondary N) is 2. The number of hydrogen-bond donors (Lipinski definition) is 3. The third-order valence-electron chi connectivity index (χ3n) is 3.06. The molecule has 0 radical (unpaired) electrons. The minimum Gasteiger partial charge on any atom is -0.459 e. The molecule has 2 aromatic heterocycles. The molecular formula is C15H14ClN5O2S. The first-order valence-electron chi connectivity index (χ1n) is 7.02. The Morgan fingerprint density at radius 2 is 2.08 bits per heavy atom. The van der Waals surface area contributed by atoms with Crippen LogP contribution in [0.3, 0.4) is 0 Å². The van der Waals surface area contributed by atoms with Gasteiger partial charge in [0.15, 0.2) is 0 Å². The number of amides is 1. The molecule has 0 aliphatic rings. The number of benzene rings is 1. The molecule has 9 heteroatoms. The van der Waals surface area contributed by atoms with Crippen molar-refractivity contribution in [3.63, 3.8) is 0 Å². The minimum atomic E-state index is -0.146. The molecule has 4 N–H and O–H groups in total. The van der Waals surface area contributed by atoms with Crippen molar-refractivity contribution in [1.82, 2.24) is 20.5 Å². The van der Waals surface area contributed by atoms with E-state index in [4.69, 9.17) is 21.8 Å². The van der Waals surface area contributed by atoms with E-state index in [1.54, 1.807) is 12.1 Å². The second-order valence-corrected chi connectivity index (χ2v) is 6.22. The Balaban J connectivity index is 1.49. The van der Waals surface area contributed by atoms with Crippen molar-refractivity contribution in [2.75, 3.05) is 11.5 Å². The quantitative estimate of drug-likeness (QED) is 0.581. The first-order valence-corrected chi connectivity index (χ1v) is 8.38. The lowest BCUT2D eigenvalue weighted by molar-refractivity contribution is -0.118. The molecule has 1 amide bonds. The number of halogens is 1. The highest BCUT2D eigenvalue weighted by molar-refractivity contribution is 7.99. The summed E-state index contributed by atoms with van der Waals surface area (Å²) in [4.78, 5) is 15.7. The Morgan fingerprint density at radius 3 is 2.79 bits per heavy atom. The van der Waals surface area contributed by atoms with Gasteiger partial charge in [0.25, 0.3) is 0 Å². The number of anilines is 1. The molecule has 0 unspecified atom stereocenters. The summed E-state index contributed by atoms with van der Waals surface area (Å²) in [5.74, 6) is 1.67. The van der Waals surface area contributed by atoms with Crippen molar-refractivity contribution < 1.29 is 9.21 Å². The van der Waals surface area contributed by atoms with Crippen LogP contribution in [-0.4, -0.2) is 26.8 Å². The Kier molecular flexibility index (Phi) is 5.07. The van der Waals surface area contributed by atoms with Crippen LogP contribution in [0.4, 0.5) is 5.95 Å². The smallest absolute Gasteiger partial charge is 0.230 e. The van der Waals surface area contributed by atoms with E-state index in [1.165, 1.54) is 11.8 Å². The molecule has 0 atom stereocenters. The van der Waals surface area contributed by atoms with Crippen LogP contribution in [0.25, 0.3) is 11.3 Å². The summed E-state index contributed by atoms with van der Waals surface area (Å²) in [5, 5.41) is 10.2. The van der Waals surface area contributed by atoms with Crippen molar-refractivity contribution in [2.24, 2.45) is 0 Å². The minimum absolute atomic E-state index is 0.146. The molecule has 7 nitrogen and oxygen atoms in total. The second-order valence-electron chi connectivity index (χ2n) is 4.84. The highest BCUT2D eigenvalue weighted by Gasteiger charge is 2.09. The number of nitrogens with zero attached hydrogens (tertiary/aromatic N) is 2. The average molecular weight is 364 g/mol. The van der Waals surface area contributed by atoms with Crippen LogP contribution in [0.5, 0.6) is 0 Å². The summed E-state index contributed by atoms with van der Waals surface area (Å²) in [6.07, 6.45) is 0.